The first-order chi connectivity index (χ1) is 10.0. The molecule has 0 spiro atoms. The number of sulfonamides is 1. The van der Waals surface area contributed by atoms with Crippen LogP contribution >= 0.6 is 0 Å². The Hall–Kier alpha value is -1.46. The maximum absolute atomic E-state index is 12.3. The van der Waals surface area contributed by atoms with E-state index in [4.69, 9.17) is 0 Å². The molecule has 1 aliphatic heterocycles. The number of rotatable bonds is 7. The van der Waals surface area contributed by atoms with E-state index in [1.54, 1.807) is 18.2 Å². The Morgan fingerprint density at radius 1 is 1.33 bits per heavy atom. The van der Waals surface area contributed by atoms with Crippen molar-refractivity contribution in [2.45, 2.75) is 31.7 Å². The fourth-order valence-corrected chi connectivity index (χ4v) is 4.43. The smallest absolute Gasteiger partial charge is 0.214 e. The quantitative estimate of drug-likeness (QED) is 0.575. The summed E-state index contributed by atoms with van der Waals surface area (Å²) < 4.78 is 26.1. The van der Waals surface area contributed by atoms with Crippen molar-refractivity contribution < 1.29 is 13.2 Å². The fourth-order valence-electron chi connectivity index (χ4n) is 2.68. The van der Waals surface area contributed by atoms with E-state index in [0.717, 1.165) is 12.8 Å². The molecular weight excluding hydrogens is 286 g/mol. The highest BCUT2D eigenvalue weighted by molar-refractivity contribution is 7.89. The summed E-state index contributed by atoms with van der Waals surface area (Å²) in [6.45, 7) is 4.08. The van der Waals surface area contributed by atoms with Crippen molar-refractivity contribution in [2.24, 2.45) is 0 Å². The lowest BCUT2D eigenvalue weighted by molar-refractivity contribution is 0.0961. The molecule has 0 unspecified atom stereocenters. The van der Waals surface area contributed by atoms with Gasteiger partial charge >= 0.3 is 0 Å². The predicted octanol–water partition coefficient (Wildman–Crippen LogP) is 2.63. The van der Waals surface area contributed by atoms with E-state index in [0.29, 0.717) is 18.5 Å². The minimum atomic E-state index is -3.29. The molecule has 114 valence electrons. The molecule has 1 aliphatic rings. The van der Waals surface area contributed by atoms with Gasteiger partial charge in [-0.15, -0.1) is 6.58 Å². The molecular formula is C16H21NO3S. The van der Waals surface area contributed by atoms with E-state index in [1.165, 1.54) is 4.31 Å². The number of hydrogen-bond acceptors (Lipinski definition) is 3. The zero-order chi connectivity index (χ0) is 15.3. The van der Waals surface area contributed by atoms with Gasteiger partial charge in [0.1, 0.15) is 0 Å². The molecule has 1 aromatic rings. The van der Waals surface area contributed by atoms with Crippen LogP contribution in [0.25, 0.3) is 0 Å². The van der Waals surface area contributed by atoms with Gasteiger partial charge in [0.25, 0.3) is 0 Å². The lowest BCUT2D eigenvalue weighted by Crippen LogP contribution is -2.38. The lowest BCUT2D eigenvalue weighted by Gasteiger charge is -2.23. The summed E-state index contributed by atoms with van der Waals surface area (Å²) >= 11 is 0. The van der Waals surface area contributed by atoms with Crippen molar-refractivity contribution in [3.05, 3.63) is 48.6 Å². The number of carbonyl (C=O) groups excluding carboxylic acids is 1. The van der Waals surface area contributed by atoms with E-state index >= 15 is 0 Å². The molecule has 0 aliphatic carbocycles. The number of carbonyl (C=O) groups is 1. The third-order valence-electron chi connectivity index (χ3n) is 3.78. The van der Waals surface area contributed by atoms with Crippen molar-refractivity contribution in [1.29, 1.82) is 0 Å². The van der Waals surface area contributed by atoms with Crippen LogP contribution < -0.4 is 0 Å². The topological polar surface area (TPSA) is 54.5 Å². The van der Waals surface area contributed by atoms with E-state index in [9.17, 15) is 13.2 Å². The van der Waals surface area contributed by atoms with Crippen LogP contribution in [0.3, 0.4) is 0 Å². The number of allylic oxidation sites excluding steroid dienone is 1. The second-order valence-electron chi connectivity index (χ2n) is 5.29. The van der Waals surface area contributed by atoms with Crippen LogP contribution in [0.1, 0.15) is 36.0 Å². The highest BCUT2D eigenvalue weighted by Gasteiger charge is 2.34. The molecule has 0 N–H and O–H groups in total. The summed E-state index contributed by atoms with van der Waals surface area (Å²) in [7, 11) is -3.29. The summed E-state index contributed by atoms with van der Waals surface area (Å²) in [4.78, 5) is 12.2. The van der Waals surface area contributed by atoms with Crippen molar-refractivity contribution in [1.82, 2.24) is 4.31 Å². The molecule has 1 fully saturated rings. The Bertz CT molecular complexity index is 595. The van der Waals surface area contributed by atoms with Gasteiger partial charge in [0.2, 0.25) is 10.0 Å². The lowest BCUT2D eigenvalue weighted by atomic mass is 10.0. The van der Waals surface area contributed by atoms with Gasteiger partial charge in [0.05, 0.1) is 5.75 Å². The van der Waals surface area contributed by atoms with Gasteiger partial charge in [-0.2, -0.15) is 4.31 Å². The molecule has 1 atom stereocenters. The monoisotopic (exact) mass is 307 g/mol. The average molecular weight is 307 g/mol. The Morgan fingerprint density at radius 2 is 2.05 bits per heavy atom. The van der Waals surface area contributed by atoms with Gasteiger partial charge in [-0.05, 0) is 19.3 Å². The Balaban J connectivity index is 2.05. The van der Waals surface area contributed by atoms with Crippen LogP contribution in [0.5, 0.6) is 0 Å². The summed E-state index contributed by atoms with van der Waals surface area (Å²) in [5, 5.41) is 0. The van der Waals surface area contributed by atoms with E-state index < -0.39 is 10.0 Å². The van der Waals surface area contributed by atoms with E-state index in [-0.39, 0.29) is 24.0 Å². The predicted molar refractivity (Wildman–Crippen MR) is 83.7 cm³/mol. The van der Waals surface area contributed by atoms with Crippen LogP contribution in [0.4, 0.5) is 0 Å². The van der Waals surface area contributed by atoms with Gasteiger partial charge in [-0.25, -0.2) is 8.42 Å². The molecule has 21 heavy (non-hydrogen) atoms. The minimum absolute atomic E-state index is 0.00595. The van der Waals surface area contributed by atoms with E-state index in [2.05, 4.69) is 6.58 Å². The molecule has 1 aromatic carbocycles. The van der Waals surface area contributed by atoms with Gasteiger partial charge in [0, 0.05) is 24.6 Å². The number of ketones is 1. The van der Waals surface area contributed by atoms with Crippen LogP contribution in [0, 0.1) is 0 Å². The highest BCUT2D eigenvalue weighted by Crippen LogP contribution is 2.25. The number of Topliss-reactive ketones (excluding diaryl/α,β-unsaturated/α-hetero) is 1. The van der Waals surface area contributed by atoms with Crippen LogP contribution in [-0.2, 0) is 10.0 Å². The Morgan fingerprint density at radius 3 is 2.71 bits per heavy atom. The fraction of sp³-hybridized carbons (Fsp3) is 0.438. The molecule has 0 bridgehead atoms. The molecule has 1 saturated heterocycles. The molecule has 2 rings (SSSR count). The molecule has 0 amide bonds. The van der Waals surface area contributed by atoms with E-state index in [1.807, 2.05) is 18.2 Å². The summed E-state index contributed by atoms with van der Waals surface area (Å²) in [6, 6.07) is 8.84. The average Bonchev–Trinajstić information content (AvgIpc) is 2.95. The molecule has 4 nitrogen and oxygen atoms in total. The standard InChI is InChI=1S/C16H21NO3S/c1-2-3-12-21(19,20)17-11-7-10-15(17)13-16(18)14-8-5-4-6-9-14/h2,4-6,8-9,15H,1,3,7,10-13H2/t15-/m0/s1. The van der Waals surface area contributed by atoms with Crippen molar-refractivity contribution in [2.75, 3.05) is 12.3 Å². The summed E-state index contributed by atoms with van der Waals surface area (Å²) in [5.41, 5.74) is 0.646. The molecule has 0 aromatic heterocycles. The second-order valence-corrected chi connectivity index (χ2v) is 7.33. The molecule has 0 saturated carbocycles. The highest BCUT2D eigenvalue weighted by atomic mass is 32.2. The largest absolute Gasteiger partial charge is 0.294 e. The number of benzene rings is 1. The first kappa shape index (κ1) is 15.9. The SMILES string of the molecule is C=CCCS(=O)(=O)N1CCC[C@H]1CC(=O)c1ccccc1. The number of nitrogens with zero attached hydrogens (tertiary/aromatic N) is 1. The first-order valence-electron chi connectivity index (χ1n) is 7.23. The molecule has 1 heterocycles. The maximum Gasteiger partial charge on any atom is 0.214 e. The Kier molecular flexibility index (Phi) is 5.31. The zero-order valence-corrected chi connectivity index (χ0v) is 12.9. The van der Waals surface area contributed by atoms with Crippen LogP contribution in [-0.4, -0.2) is 36.8 Å². The second kappa shape index (κ2) is 7.00. The molecule has 5 heteroatoms. The maximum atomic E-state index is 12.3. The zero-order valence-electron chi connectivity index (χ0n) is 12.1. The minimum Gasteiger partial charge on any atom is -0.294 e. The number of hydrogen-bond donors (Lipinski definition) is 0. The third kappa shape index (κ3) is 4.02. The van der Waals surface area contributed by atoms with Crippen LogP contribution in [0.2, 0.25) is 0 Å². The van der Waals surface area contributed by atoms with Crippen molar-refractivity contribution >= 4 is 15.8 Å². The van der Waals surface area contributed by atoms with Gasteiger partial charge < -0.3 is 0 Å². The third-order valence-corrected chi connectivity index (χ3v) is 5.72. The van der Waals surface area contributed by atoms with Crippen molar-refractivity contribution in [3.8, 4) is 0 Å². The van der Waals surface area contributed by atoms with Gasteiger partial charge in [-0.1, -0.05) is 36.4 Å². The first-order valence-corrected chi connectivity index (χ1v) is 8.84. The molecule has 0 radical (unpaired) electrons. The summed E-state index contributed by atoms with van der Waals surface area (Å²) in [5.74, 6) is 0.0819. The Labute approximate surface area is 126 Å². The summed E-state index contributed by atoms with van der Waals surface area (Å²) in [6.07, 6.45) is 3.89. The van der Waals surface area contributed by atoms with Crippen molar-refractivity contribution in [3.63, 3.8) is 0 Å². The van der Waals surface area contributed by atoms with Crippen LogP contribution in [0.15, 0.2) is 43.0 Å². The van der Waals surface area contributed by atoms with Gasteiger partial charge in [0.15, 0.2) is 5.78 Å². The normalized spacial score (nSPS) is 19.5. The van der Waals surface area contributed by atoms with Gasteiger partial charge in [-0.3, -0.25) is 4.79 Å².